The van der Waals surface area contributed by atoms with Gasteiger partial charge in [-0.3, -0.25) is 19.7 Å². The van der Waals surface area contributed by atoms with Crippen LogP contribution in [0.4, 0.5) is 0 Å². The SMILES string of the molecule is CCOC(=O)[C@H](CCc1ccccc1)N[C@@H](C)C(=O)N(CC(=O)OC(C)(C)C)n1ccnc1. The third-order valence-electron chi connectivity index (χ3n) is 4.68. The fourth-order valence-electron chi connectivity index (χ4n) is 3.23. The van der Waals surface area contributed by atoms with E-state index >= 15 is 0 Å². The molecule has 0 unspecified atom stereocenters. The molecule has 0 aliphatic rings. The van der Waals surface area contributed by atoms with Gasteiger partial charge in [0.15, 0.2) is 0 Å². The predicted molar refractivity (Wildman–Crippen MR) is 124 cm³/mol. The van der Waals surface area contributed by atoms with Crippen molar-refractivity contribution in [3.05, 3.63) is 54.6 Å². The van der Waals surface area contributed by atoms with Crippen LogP contribution in [-0.4, -0.2) is 58.3 Å². The number of aromatic nitrogens is 2. The summed E-state index contributed by atoms with van der Waals surface area (Å²) in [6, 6.07) is 8.31. The van der Waals surface area contributed by atoms with E-state index in [9.17, 15) is 14.4 Å². The molecule has 9 nitrogen and oxygen atoms in total. The van der Waals surface area contributed by atoms with Crippen LogP contribution in [0.3, 0.4) is 0 Å². The molecule has 0 bridgehead atoms. The topological polar surface area (TPSA) is 103 Å². The van der Waals surface area contributed by atoms with Crippen molar-refractivity contribution < 1.29 is 23.9 Å². The van der Waals surface area contributed by atoms with E-state index in [0.29, 0.717) is 12.8 Å². The number of esters is 2. The third-order valence-corrected chi connectivity index (χ3v) is 4.68. The molecule has 0 spiro atoms. The number of amides is 1. The predicted octanol–water partition coefficient (Wildman–Crippen LogP) is 2.23. The minimum absolute atomic E-state index is 0.241. The summed E-state index contributed by atoms with van der Waals surface area (Å²) in [6.07, 6.45) is 5.59. The molecular weight excluding hydrogens is 424 g/mol. The zero-order valence-electron chi connectivity index (χ0n) is 20.0. The lowest BCUT2D eigenvalue weighted by Crippen LogP contribution is -2.55. The number of aryl methyl sites for hydroxylation is 1. The van der Waals surface area contributed by atoms with Gasteiger partial charge in [-0.2, -0.15) is 0 Å². The third kappa shape index (κ3) is 8.69. The van der Waals surface area contributed by atoms with Gasteiger partial charge in [-0.05, 0) is 53.0 Å². The molecule has 0 fully saturated rings. The minimum atomic E-state index is -0.778. The molecule has 180 valence electrons. The number of hydrogen-bond acceptors (Lipinski definition) is 7. The molecule has 33 heavy (non-hydrogen) atoms. The number of imidazole rings is 1. The van der Waals surface area contributed by atoms with E-state index in [4.69, 9.17) is 9.47 Å². The molecule has 1 aromatic heterocycles. The first kappa shape index (κ1) is 26.1. The van der Waals surface area contributed by atoms with E-state index in [1.807, 2.05) is 30.3 Å². The second-order valence-electron chi connectivity index (χ2n) is 8.64. The monoisotopic (exact) mass is 458 g/mol. The molecule has 1 N–H and O–H groups in total. The van der Waals surface area contributed by atoms with Crippen LogP contribution < -0.4 is 10.3 Å². The van der Waals surface area contributed by atoms with Gasteiger partial charge in [-0.25, -0.2) is 14.7 Å². The summed E-state index contributed by atoms with van der Waals surface area (Å²) < 4.78 is 12.0. The zero-order valence-corrected chi connectivity index (χ0v) is 20.0. The first-order valence-corrected chi connectivity index (χ1v) is 11.1. The van der Waals surface area contributed by atoms with Crippen LogP contribution in [0.1, 0.15) is 46.6 Å². The Bertz CT molecular complexity index is 893. The highest BCUT2D eigenvalue weighted by atomic mass is 16.6. The summed E-state index contributed by atoms with van der Waals surface area (Å²) in [4.78, 5) is 42.2. The molecular formula is C24H34N4O5. The van der Waals surface area contributed by atoms with Gasteiger partial charge in [-0.1, -0.05) is 30.3 Å². The standard InChI is InChI=1S/C24H34N4O5/c1-6-32-23(31)20(13-12-19-10-8-7-9-11-19)26-18(2)22(30)28(27-15-14-25-17-27)16-21(29)33-24(3,4)5/h7-11,14-15,17-18,20,26H,6,12-13,16H2,1-5H3/t18-,20-/m0/s1. The van der Waals surface area contributed by atoms with Crippen LogP contribution in [0.15, 0.2) is 49.1 Å². The molecule has 1 aromatic carbocycles. The molecule has 0 radical (unpaired) electrons. The van der Waals surface area contributed by atoms with Crippen molar-refractivity contribution in [3.8, 4) is 0 Å². The number of benzene rings is 1. The number of nitrogens with zero attached hydrogens (tertiary/aromatic N) is 3. The second-order valence-corrected chi connectivity index (χ2v) is 8.64. The number of carbonyl (C=O) groups is 3. The van der Waals surface area contributed by atoms with Crippen LogP contribution in [0.25, 0.3) is 0 Å². The van der Waals surface area contributed by atoms with Gasteiger partial charge in [0.05, 0.1) is 12.6 Å². The average Bonchev–Trinajstić information content (AvgIpc) is 3.28. The maximum absolute atomic E-state index is 13.3. The quantitative estimate of drug-likeness (QED) is 0.515. The van der Waals surface area contributed by atoms with E-state index in [-0.39, 0.29) is 13.2 Å². The molecule has 0 saturated heterocycles. The van der Waals surface area contributed by atoms with E-state index in [1.165, 1.54) is 22.2 Å². The van der Waals surface area contributed by atoms with Crippen molar-refractivity contribution in [1.82, 2.24) is 15.0 Å². The number of rotatable bonds is 11. The molecule has 0 saturated carbocycles. The Hall–Kier alpha value is -3.20. The van der Waals surface area contributed by atoms with Crippen LogP contribution in [0, 0.1) is 0 Å². The lowest BCUT2D eigenvalue weighted by atomic mass is 10.0. The molecule has 2 atom stereocenters. The van der Waals surface area contributed by atoms with Crippen molar-refractivity contribution in [1.29, 1.82) is 0 Å². The Balaban J connectivity index is 2.13. The maximum atomic E-state index is 13.3. The van der Waals surface area contributed by atoms with E-state index in [2.05, 4.69) is 10.3 Å². The fourth-order valence-corrected chi connectivity index (χ4v) is 3.23. The summed E-state index contributed by atoms with van der Waals surface area (Å²) in [7, 11) is 0. The van der Waals surface area contributed by atoms with Crippen molar-refractivity contribution in [2.45, 2.75) is 65.1 Å². The number of carbonyl (C=O) groups excluding carboxylic acids is 3. The Kier molecular flexibility index (Phi) is 9.59. The van der Waals surface area contributed by atoms with E-state index in [0.717, 1.165) is 5.56 Å². The number of ether oxygens (including phenoxy) is 2. The van der Waals surface area contributed by atoms with Crippen molar-refractivity contribution in [2.24, 2.45) is 0 Å². The Morgan fingerprint density at radius 2 is 1.88 bits per heavy atom. The Morgan fingerprint density at radius 3 is 2.45 bits per heavy atom. The van der Waals surface area contributed by atoms with Gasteiger partial charge >= 0.3 is 11.9 Å². The minimum Gasteiger partial charge on any atom is -0.465 e. The molecule has 0 aliphatic carbocycles. The lowest BCUT2D eigenvalue weighted by Gasteiger charge is -2.29. The molecule has 1 amide bonds. The van der Waals surface area contributed by atoms with Gasteiger partial charge in [0.1, 0.15) is 24.5 Å². The highest BCUT2D eigenvalue weighted by Crippen LogP contribution is 2.10. The fraction of sp³-hybridized carbons (Fsp3) is 0.500. The molecule has 9 heteroatoms. The highest BCUT2D eigenvalue weighted by molar-refractivity contribution is 5.95. The molecule has 2 rings (SSSR count). The van der Waals surface area contributed by atoms with Gasteiger partial charge < -0.3 is 9.47 Å². The van der Waals surface area contributed by atoms with E-state index < -0.39 is 35.5 Å². The van der Waals surface area contributed by atoms with Gasteiger partial charge in [0.25, 0.3) is 5.91 Å². The first-order chi connectivity index (χ1) is 15.6. The summed E-state index contributed by atoms with van der Waals surface area (Å²) in [5, 5.41) is 4.32. The van der Waals surface area contributed by atoms with Gasteiger partial charge in [0.2, 0.25) is 0 Å². The van der Waals surface area contributed by atoms with Crippen molar-refractivity contribution in [3.63, 3.8) is 0 Å². The normalized spacial score (nSPS) is 13.1. The largest absolute Gasteiger partial charge is 0.465 e. The van der Waals surface area contributed by atoms with E-state index in [1.54, 1.807) is 40.8 Å². The van der Waals surface area contributed by atoms with Crippen LogP contribution in [0.5, 0.6) is 0 Å². The van der Waals surface area contributed by atoms with Crippen LogP contribution in [-0.2, 0) is 30.3 Å². The highest BCUT2D eigenvalue weighted by Gasteiger charge is 2.30. The molecule has 1 heterocycles. The first-order valence-electron chi connectivity index (χ1n) is 11.1. The van der Waals surface area contributed by atoms with Crippen molar-refractivity contribution in [2.75, 3.05) is 18.2 Å². The average molecular weight is 459 g/mol. The zero-order chi connectivity index (χ0) is 24.4. The maximum Gasteiger partial charge on any atom is 0.328 e. The van der Waals surface area contributed by atoms with Crippen molar-refractivity contribution >= 4 is 17.8 Å². The summed E-state index contributed by atoms with van der Waals surface area (Å²) >= 11 is 0. The van der Waals surface area contributed by atoms with Gasteiger partial charge in [-0.15, -0.1) is 0 Å². The van der Waals surface area contributed by atoms with Crippen LogP contribution in [0.2, 0.25) is 0 Å². The van der Waals surface area contributed by atoms with Gasteiger partial charge in [0, 0.05) is 12.4 Å². The number of nitrogens with one attached hydrogen (secondary N) is 1. The lowest BCUT2D eigenvalue weighted by molar-refractivity contribution is -0.154. The molecule has 2 aromatic rings. The Morgan fingerprint density at radius 1 is 1.18 bits per heavy atom. The second kappa shape index (κ2) is 12.2. The van der Waals surface area contributed by atoms with Crippen LogP contribution >= 0.6 is 0 Å². The Labute approximate surface area is 195 Å². The summed E-state index contributed by atoms with van der Waals surface area (Å²) in [6.45, 7) is 8.61. The number of hydrogen-bond donors (Lipinski definition) is 1. The smallest absolute Gasteiger partial charge is 0.328 e. The summed E-state index contributed by atoms with van der Waals surface area (Å²) in [5.41, 5.74) is 0.398. The molecule has 0 aliphatic heterocycles. The summed E-state index contributed by atoms with van der Waals surface area (Å²) in [5.74, 6) is -1.38.